The molecule has 1 aliphatic heterocycles. The maximum absolute atomic E-state index is 12.0. The van der Waals surface area contributed by atoms with Gasteiger partial charge in [-0.15, -0.1) is 0 Å². The second-order valence-corrected chi connectivity index (χ2v) is 17.5. The van der Waals surface area contributed by atoms with Crippen LogP contribution in [0, 0.1) is 11.3 Å². The van der Waals surface area contributed by atoms with Crippen LogP contribution in [0.4, 0.5) is 11.4 Å². The molecule has 5 heteroatoms. The summed E-state index contributed by atoms with van der Waals surface area (Å²) >= 11 is 0. The van der Waals surface area contributed by atoms with Crippen LogP contribution < -0.4 is 15.5 Å². The highest BCUT2D eigenvalue weighted by molar-refractivity contribution is 6.26. The molecule has 0 radical (unpaired) electrons. The highest BCUT2D eigenvalue weighted by Gasteiger charge is 2.39. The van der Waals surface area contributed by atoms with Crippen LogP contribution in [0.25, 0.3) is 94.5 Å². The monoisotopic (exact) mass is 841 g/mol. The number of hydrogen-bond donors (Lipinski definition) is 0. The number of aromatic nitrogens is 3. The molecule has 0 amide bonds. The Morgan fingerprint density at radius 3 is 1.74 bits per heavy atom. The molecule has 308 valence electrons. The van der Waals surface area contributed by atoms with E-state index in [0.29, 0.717) is 5.56 Å². The van der Waals surface area contributed by atoms with Gasteiger partial charge in [0.1, 0.15) is 11.6 Å². The highest BCUT2D eigenvalue weighted by Crippen LogP contribution is 2.53. The minimum Gasteiger partial charge on any atom is -0.311 e. The molecule has 14 rings (SSSR count). The minimum atomic E-state index is 0.0936. The molecular weight excluding hydrogens is 803 g/mol. The fourth-order valence-electron chi connectivity index (χ4n) is 11.5. The van der Waals surface area contributed by atoms with Crippen molar-refractivity contribution in [1.82, 2.24) is 13.7 Å². The number of nitrogens with zero attached hydrogens (tertiary/aromatic N) is 5. The summed E-state index contributed by atoms with van der Waals surface area (Å²) in [5.74, 6) is 0.0936. The molecule has 1 unspecified atom stereocenters. The zero-order chi connectivity index (χ0) is 43.5. The first kappa shape index (κ1) is 36.6. The van der Waals surface area contributed by atoms with E-state index in [2.05, 4.69) is 243 Å². The summed E-state index contributed by atoms with van der Waals surface area (Å²) in [6, 6.07) is 79.0. The number of hydrogen-bond acceptors (Lipinski definition) is 2. The number of rotatable bonds is 5. The lowest BCUT2D eigenvalue weighted by Gasteiger charge is -2.28. The third-order valence-electron chi connectivity index (χ3n) is 14.1. The second-order valence-electron chi connectivity index (χ2n) is 17.5. The Balaban J connectivity index is 1.15. The van der Waals surface area contributed by atoms with Crippen LogP contribution in [0.1, 0.15) is 23.5 Å². The van der Waals surface area contributed by atoms with Gasteiger partial charge in [0.25, 0.3) is 0 Å². The lowest BCUT2D eigenvalue weighted by atomic mass is 9.90. The van der Waals surface area contributed by atoms with Gasteiger partial charge in [0.05, 0.1) is 44.3 Å². The Labute approximate surface area is 380 Å². The van der Waals surface area contributed by atoms with E-state index in [4.69, 9.17) is 0 Å². The number of benzene rings is 9. The van der Waals surface area contributed by atoms with Crippen LogP contribution in [0.3, 0.4) is 0 Å². The fraction of sp³-hybridized carbons (Fsp3) is 0.0328. The Bertz CT molecular complexity index is 4150. The third kappa shape index (κ3) is 5.04. The molecule has 4 heterocycles. The SMILES string of the molecule is N#Cc1c(N2C3=c4c(n(-c5ccccc5)c5ccccc45)=CCC3c3ccccc32)cc(-c2ccccc2)cc1-n1c2ccccc2c2ccc3c(c4ccccc4n3-c3ccccc3)c21. The minimum absolute atomic E-state index is 0.0936. The predicted molar refractivity (Wildman–Crippen MR) is 272 cm³/mol. The fourth-order valence-corrected chi connectivity index (χ4v) is 11.5. The van der Waals surface area contributed by atoms with Crippen molar-refractivity contribution in [2.45, 2.75) is 12.3 Å². The molecule has 3 aromatic heterocycles. The maximum atomic E-state index is 12.0. The Morgan fingerprint density at radius 2 is 1.02 bits per heavy atom. The Kier molecular flexibility index (Phi) is 7.81. The van der Waals surface area contributed by atoms with E-state index in [1.807, 2.05) is 0 Å². The van der Waals surface area contributed by atoms with Crippen LogP contribution in [-0.2, 0) is 0 Å². The average Bonchev–Trinajstić information content (AvgIpc) is 4.11. The molecule has 5 nitrogen and oxygen atoms in total. The van der Waals surface area contributed by atoms with Gasteiger partial charge in [-0.1, -0.05) is 152 Å². The van der Waals surface area contributed by atoms with Gasteiger partial charge in [0.2, 0.25) is 0 Å². The Hall–Kier alpha value is -8.85. The summed E-state index contributed by atoms with van der Waals surface area (Å²) in [5, 5.41) is 20.2. The Morgan fingerprint density at radius 1 is 0.439 bits per heavy atom. The van der Waals surface area contributed by atoms with Crippen molar-refractivity contribution in [1.29, 1.82) is 5.26 Å². The van der Waals surface area contributed by atoms with Gasteiger partial charge < -0.3 is 18.6 Å². The van der Waals surface area contributed by atoms with Gasteiger partial charge in [-0.3, -0.25) is 0 Å². The molecule has 0 spiro atoms. The van der Waals surface area contributed by atoms with Crippen molar-refractivity contribution in [2.24, 2.45) is 0 Å². The maximum Gasteiger partial charge on any atom is 0.104 e. The largest absolute Gasteiger partial charge is 0.311 e. The summed E-state index contributed by atoms with van der Waals surface area (Å²) in [5.41, 5.74) is 15.8. The summed E-state index contributed by atoms with van der Waals surface area (Å²) in [6.07, 6.45) is 3.27. The van der Waals surface area contributed by atoms with Gasteiger partial charge in [0, 0.05) is 60.8 Å². The standard InChI is InChI=1S/C61H39N5/c62-38-49-56(65-50-28-14-10-24-43(50)45-32-34-54-58(60(45)65)47-26-12-16-30-52(47)63(54)41-20-6-2-7-21-41)36-40(39-18-4-1-5-19-39)37-57(49)66-51-29-15-11-25-44(51)46-33-35-55-59(61(46)66)48-27-13-17-31-53(48)64(55)42-22-8-3-9-23-42/h1-32,34-37,46H,33H2. The molecule has 12 aromatic rings. The van der Waals surface area contributed by atoms with Crippen LogP contribution in [0.5, 0.6) is 0 Å². The summed E-state index contributed by atoms with van der Waals surface area (Å²) in [4.78, 5) is 2.45. The van der Waals surface area contributed by atoms with Crippen molar-refractivity contribution in [3.05, 3.63) is 234 Å². The second kappa shape index (κ2) is 14.1. The lowest BCUT2D eigenvalue weighted by Crippen LogP contribution is -2.37. The number of para-hydroxylation sites is 6. The molecule has 0 saturated heterocycles. The molecule has 1 aliphatic carbocycles. The van der Waals surface area contributed by atoms with Crippen molar-refractivity contribution < 1.29 is 0 Å². The van der Waals surface area contributed by atoms with E-state index >= 15 is 0 Å². The van der Waals surface area contributed by atoms with Gasteiger partial charge in [-0.2, -0.15) is 5.26 Å². The molecule has 0 bridgehead atoms. The van der Waals surface area contributed by atoms with E-state index in [-0.39, 0.29) is 5.92 Å². The molecule has 2 aliphatic rings. The topological polar surface area (TPSA) is 41.8 Å². The molecule has 0 N–H and O–H groups in total. The van der Waals surface area contributed by atoms with Crippen molar-refractivity contribution in [3.8, 4) is 34.3 Å². The van der Waals surface area contributed by atoms with Crippen LogP contribution >= 0.6 is 0 Å². The van der Waals surface area contributed by atoms with Crippen molar-refractivity contribution in [2.75, 3.05) is 4.90 Å². The van der Waals surface area contributed by atoms with Crippen molar-refractivity contribution >= 4 is 77.7 Å². The van der Waals surface area contributed by atoms with Crippen LogP contribution in [0.2, 0.25) is 0 Å². The number of fused-ring (bicyclic) bond motifs is 13. The smallest absolute Gasteiger partial charge is 0.104 e. The first-order chi connectivity index (χ1) is 32.8. The zero-order valence-corrected chi connectivity index (χ0v) is 35.8. The first-order valence-electron chi connectivity index (χ1n) is 22.7. The molecule has 0 saturated carbocycles. The van der Waals surface area contributed by atoms with Crippen LogP contribution in [-0.4, -0.2) is 13.7 Å². The molecule has 66 heavy (non-hydrogen) atoms. The first-order valence-corrected chi connectivity index (χ1v) is 22.7. The molecule has 1 atom stereocenters. The lowest BCUT2D eigenvalue weighted by molar-refractivity contribution is 0.895. The predicted octanol–water partition coefficient (Wildman–Crippen LogP) is 13.6. The molecular formula is C61H39N5. The van der Waals surface area contributed by atoms with E-state index in [9.17, 15) is 5.26 Å². The van der Waals surface area contributed by atoms with Gasteiger partial charge in [-0.05, 0) is 89.8 Å². The molecule has 9 aromatic carbocycles. The van der Waals surface area contributed by atoms with E-state index in [1.54, 1.807) is 0 Å². The van der Waals surface area contributed by atoms with Gasteiger partial charge in [-0.25, -0.2) is 0 Å². The highest BCUT2D eigenvalue weighted by atomic mass is 15.2. The number of anilines is 2. The average molecular weight is 842 g/mol. The van der Waals surface area contributed by atoms with E-state index in [1.165, 1.54) is 27.2 Å². The normalized spacial score (nSPS) is 14.2. The number of nitriles is 1. The zero-order valence-electron chi connectivity index (χ0n) is 35.8. The van der Waals surface area contributed by atoms with Crippen molar-refractivity contribution in [3.63, 3.8) is 0 Å². The van der Waals surface area contributed by atoms with Gasteiger partial charge >= 0.3 is 0 Å². The van der Waals surface area contributed by atoms with Gasteiger partial charge in [0.15, 0.2) is 0 Å². The summed E-state index contributed by atoms with van der Waals surface area (Å²) < 4.78 is 7.20. The molecule has 0 fully saturated rings. The van der Waals surface area contributed by atoms with E-state index in [0.717, 1.165) is 95.1 Å². The van der Waals surface area contributed by atoms with Crippen LogP contribution in [0.15, 0.2) is 212 Å². The van der Waals surface area contributed by atoms with E-state index < -0.39 is 0 Å². The quantitative estimate of drug-likeness (QED) is 0.173. The summed E-state index contributed by atoms with van der Waals surface area (Å²) in [6.45, 7) is 0. The third-order valence-corrected chi connectivity index (χ3v) is 14.1. The summed E-state index contributed by atoms with van der Waals surface area (Å²) in [7, 11) is 0.